The summed E-state index contributed by atoms with van der Waals surface area (Å²) >= 11 is 0. The number of anilines is 1. The van der Waals surface area contributed by atoms with Gasteiger partial charge in [0, 0.05) is 31.9 Å². The predicted octanol–water partition coefficient (Wildman–Crippen LogP) is 3.37. The van der Waals surface area contributed by atoms with E-state index < -0.39 is 44.2 Å². The van der Waals surface area contributed by atoms with Gasteiger partial charge in [-0.25, -0.2) is 31.5 Å². The van der Waals surface area contributed by atoms with Gasteiger partial charge in [-0.3, -0.25) is 4.79 Å². The fraction of sp³-hybridized carbons (Fsp3) is 0.241. The fourth-order valence-electron chi connectivity index (χ4n) is 5.27. The van der Waals surface area contributed by atoms with Crippen molar-refractivity contribution in [3.05, 3.63) is 82.8 Å². The SMILES string of the molecule is C=CC(=O)N1CCN(c2nc(=O)n(-c3c(C)cccc3S(C)(=O)=O)c3nc(-c4c(O)cccc4F)c(F)cc23)[C@@H](C)C1. The highest BCUT2D eigenvalue weighted by Crippen LogP contribution is 2.36. The quantitative estimate of drug-likeness (QED) is 0.348. The first-order chi connectivity index (χ1) is 19.8. The van der Waals surface area contributed by atoms with Gasteiger partial charge >= 0.3 is 5.69 Å². The van der Waals surface area contributed by atoms with E-state index in [9.17, 15) is 27.5 Å². The summed E-state index contributed by atoms with van der Waals surface area (Å²) in [5, 5.41) is 10.5. The Morgan fingerprint density at radius 2 is 1.83 bits per heavy atom. The van der Waals surface area contributed by atoms with E-state index >= 15 is 4.39 Å². The van der Waals surface area contributed by atoms with Crippen LogP contribution in [0.1, 0.15) is 12.5 Å². The second-order valence-electron chi connectivity index (χ2n) is 10.1. The fourth-order valence-corrected chi connectivity index (χ4v) is 6.20. The minimum atomic E-state index is -3.87. The molecule has 0 saturated carbocycles. The molecule has 0 bridgehead atoms. The molecule has 2 aromatic heterocycles. The number of piperazine rings is 1. The molecule has 1 aliphatic rings. The van der Waals surface area contributed by atoms with Crippen LogP contribution in [-0.4, -0.2) is 70.8 Å². The molecule has 2 aromatic carbocycles. The maximum absolute atomic E-state index is 15.8. The summed E-state index contributed by atoms with van der Waals surface area (Å²) in [4.78, 5) is 37.8. The van der Waals surface area contributed by atoms with Crippen molar-refractivity contribution in [2.75, 3.05) is 30.8 Å². The number of phenols is 1. The summed E-state index contributed by atoms with van der Waals surface area (Å²) < 4.78 is 57.2. The van der Waals surface area contributed by atoms with Crippen LogP contribution in [0.2, 0.25) is 0 Å². The van der Waals surface area contributed by atoms with E-state index in [1.807, 2.05) is 0 Å². The molecule has 0 radical (unpaired) electrons. The average molecular weight is 596 g/mol. The minimum absolute atomic E-state index is 0.0358. The first-order valence-corrected chi connectivity index (χ1v) is 14.8. The Balaban J connectivity index is 1.86. The second-order valence-corrected chi connectivity index (χ2v) is 12.1. The monoisotopic (exact) mass is 595 g/mol. The molecule has 1 saturated heterocycles. The summed E-state index contributed by atoms with van der Waals surface area (Å²) in [6, 6.07) is 8.56. The van der Waals surface area contributed by atoms with E-state index in [-0.39, 0.29) is 59.0 Å². The molecule has 10 nitrogen and oxygen atoms in total. The highest BCUT2D eigenvalue weighted by molar-refractivity contribution is 7.90. The minimum Gasteiger partial charge on any atom is -0.507 e. The number of benzene rings is 2. The first kappa shape index (κ1) is 28.9. The summed E-state index contributed by atoms with van der Waals surface area (Å²) in [5.41, 5.74) is -1.84. The molecule has 1 aliphatic heterocycles. The van der Waals surface area contributed by atoms with Crippen LogP contribution in [0.25, 0.3) is 28.0 Å². The van der Waals surface area contributed by atoms with E-state index in [1.165, 1.54) is 30.3 Å². The van der Waals surface area contributed by atoms with Gasteiger partial charge in [0.25, 0.3) is 0 Å². The summed E-state index contributed by atoms with van der Waals surface area (Å²) in [7, 11) is -3.87. The molecule has 42 heavy (non-hydrogen) atoms. The molecule has 0 unspecified atom stereocenters. The lowest BCUT2D eigenvalue weighted by molar-refractivity contribution is -0.126. The first-order valence-electron chi connectivity index (χ1n) is 12.9. The molecule has 1 atom stereocenters. The smallest absolute Gasteiger partial charge is 0.355 e. The normalized spacial score (nSPS) is 15.7. The largest absolute Gasteiger partial charge is 0.507 e. The van der Waals surface area contributed by atoms with Gasteiger partial charge < -0.3 is 14.9 Å². The third-order valence-corrected chi connectivity index (χ3v) is 8.37. The number of halogens is 2. The van der Waals surface area contributed by atoms with Gasteiger partial charge in [-0.2, -0.15) is 4.98 Å². The Kier molecular flexibility index (Phi) is 7.31. The molecule has 218 valence electrons. The number of pyridine rings is 1. The summed E-state index contributed by atoms with van der Waals surface area (Å²) in [5.74, 6) is -2.72. The van der Waals surface area contributed by atoms with E-state index in [1.54, 1.807) is 29.7 Å². The van der Waals surface area contributed by atoms with Crippen LogP contribution in [-0.2, 0) is 14.6 Å². The number of aromatic hydroxyl groups is 1. The van der Waals surface area contributed by atoms with Crippen molar-refractivity contribution in [2.24, 2.45) is 0 Å². The van der Waals surface area contributed by atoms with Crippen LogP contribution in [0.4, 0.5) is 14.6 Å². The standard InChI is InChI=1S/C29H27F2N5O5S/c1-5-23(38)34-12-13-35(17(3)15-34)27-18-14-20(31)25(24-19(30)9-7-10-21(24)37)32-28(18)36(29(39)33-27)26-16(2)8-6-11-22(26)42(4,40)41/h5-11,14,17,37H,1,12-13,15H2,2-4H3/t17-/m0/s1. The zero-order valence-electron chi connectivity index (χ0n) is 23.0. The number of hydrogen-bond acceptors (Lipinski definition) is 8. The molecular weight excluding hydrogens is 568 g/mol. The topological polar surface area (TPSA) is 126 Å². The van der Waals surface area contributed by atoms with Crippen LogP contribution in [0, 0.1) is 18.6 Å². The Hall–Kier alpha value is -4.65. The number of rotatable bonds is 5. The van der Waals surface area contributed by atoms with Gasteiger partial charge in [0.05, 0.1) is 21.5 Å². The van der Waals surface area contributed by atoms with Gasteiger partial charge in [-0.15, -0.1) is 0 Å². The number of nitrogens with zero attached hydrogens (tertiary/aromatic N) is 5. The van der Waals surface area contributed by atoms with Crippen molar-refractivity contribution in [2.45, 2.75) is 24.8 Å². The van der Waals surface area contributed by atoms with E-state index in [0.29, 0.717) is 5.56 Å². The molecular formula is C29H27F2N5O5S. The number of aromatic nitrogens is 3. The Morgan fingerprint density at radius 3 is 2.48 bits per heavy atom. The van der Waals surface area contributed by atoms with Gasteiger partial charge in [0.15, 0.2) is 21.3 Å². The van der Waals surface area contributed by atoms with Crippen molar-refractivity contribution < 1.29 is 27.1 Å². The van der Waals surface area contributed by atoms with Crippen molar-refractivity contribution in [3.63, 3.8) is 0 Å². The van der Waals surface area contributed by atoms with E-state index in [2.05, 4.69) is 16.5 Å². The molecule has 0 spiro atoms. The Bertz CT molecular complexity index is 1920. The number of aryl methyl sites for hydroxylation is 1. The number of para-hydroxylation sites is 1. The van der Waals surface area contributed by atoms with Gasteiger partial charge in [-0.1, -0.05) is 24.8 Å². The molecule has 0 aliphatic carbocycles. The highest BCUT2D eigenvalue weighted by atomic mass is 32.2. The van der Waals surface area contributed by atoms with Gasteiger partial charge in [-0.05, 0) is 49.8 Å². The maximum atomic E-state index is 15.8. The number of fused-ring (bicyclic) bond motifs is 1. The molecule has 4 aromatic rings. The molecule has 1 fully saturated rings. The van der Waals surface area contributed by atoms with E-state index in [0.717, 1.165) is 23.0 Å². The number of sulfone groups is 1. The number of amides is 1. The van der Waals surface area contributed by atoms with Crippen LogP contribution in [0.3, 0.4) is 0 Å². The summed E-state index contributed by atoms with van der Waals surface area (Å²) in [6.45, 7) is 7.70. The van der Waals surface area contributed by atoms with Crippen molar-refractivity contribution >= 4 is 32.6 Å². The molecule has 3 heterocycles. The molecule has 1 N–H and O–H groups in total. The highest BCUT2D eigenvalue weighted by Gasteiger charge is 2.31. The lowest BCUT2D eigenvalue weighted by atomic mass is 10.1. The zero-order chi connectivity index (χ0) is 30.5. The lowest BCUT2D eigenvalue weighted by Gasteiger charge is -2.40. The predicted molar refractivity (Wildman–Crippen MR) is 154 cm³/mol. The Morgan fingerprint density at radius 1 is 1.12 bits per heavy atom. The molecule has 13 heteroatoms. The van der Waals surface area contributed by atoms with E-state index in [4.69, 9.17) is 0 Å². The second kappa shape index (κ2) is 10.6. The van der Waals surface area contributed by atoms with Crippen molar-refractivity contribution in [3.8, 4) is 22.7 Å². The van der Waals surface area contributed by atoms with Crippen LogP contribution >= 0.6 is 0 Å². The average Bonchev–Trinajstić information content (AvgIpc) is 2.92. The number of carbonyl (C=O) groups excluding carboxylic acids is 1. The van der Waals surface area contributed by atoms with Crippen LogP contribution in [0.15, 0.2) is 64.8 Å². The van der Waals surface area contributed by atoms with Crippen LogP contribution in [0.5, 0.6) is 5.75 Å². The summed E-state index contributed by atoms with van der Waals surface area (Å²) in [6.07, 6.45) is 2.19. The number of phenolic OH excluding ortho intramolecular Hbond substituents is 1. The van der Waals surface area contributed by atoms with Crippen molar-refractivity contribution in [1.29, 1.82) is 0 Å². The molecule has 5 rings (SSSR count). The number of hydrogen-bond donors (Lipinski definition) is 1. The van der Waals surface area contributed by atoms with Gasteiger partial charge in [0.2, 0.25) is 5.91 Å². The third-order valence-electron chi connectivity index (χ3n) is 7.24. The van der Waals surface area contributed by atoms with Crippen LogP contribution < -0.4 is 10.6 Å². The third kappa shape index (κ3) is 4.89. The van der Waals surface area contributed by atoms with Gasteiger partial charge in [0.1, 0.15) is 23.1 Å². The number of carbonyl (C=O) groups is 1. The maximum Gasteiger partial charge on any atom is 0.355 e. The van der Waals surface area contributed by atoms with Crippen molar-refractivity contribution in [1.82, 2.24) is 19.4 Å². The zero-order valence-corrected chi connectivity index (χ0v) is 23.8. The lowest BCUT2D eigenvalue weighted by Crippen LogP contribution is -2.54. The Labute approximate surface area is 240 Å². The molecule has 1 amide bonds.